The maximum Gasteiger partial charge on any atom is 0.514 e. The van der Waals surface area contributed by atoms with Gasteiger partial charge in [0, 0.05) is 70.7 Å². The molecule has 2 bridgehead atoms. The normalized spacial score (nSPS) is 35.6. The third-order valence-corrected chi connectivity index (χ3v) is 16.2. The van der Waals surface area contributed by atoms with E-state index in [2.05, 4.69) is 0 Å². The molecule has 3 fully saturated rings. The number of nitrogens with two attached hydrogens (primary N) is 1. The number of non-ortho nitro benzene ring substituents is 1. The number of amides is 1. The second-order valence-electron chi connectivity index (χ2n) is 22.1. The SMILES string of the molecule is CO[C@H]1C[C@@H]2CC[C@@H](C)[C@@](O)(O2)C(=O)C(=O)N2CCCC[C@H]2C(=O)O[C@H]([C@H](C)C[C@@H]2CC[C@@H](OC(=O)Oc3ccc([N+](=O)[O-])cc3)[C@H](OC)C2)CC(N)[C@H](C)/C=C(\C)[C@@H](O)[C@@H](OC)C(=O)[C@H](C)C[C@H](C)/C=C/C=CC=C1C. The minimum Gasteiger partial charge on any atom is -0.460 e. The van der Waals surface area contributed by atoms with Crippen LogP contribution in [0.2, 0.25) is 0 Å². The molecule has 1 aliphatic carbocycles. The fraction of sp³-hybridized carbons (Fsp3) is 0.672. The molecule has 0 aromatic heterocycles. The number of nitro groups is 1. The number of allylic oxidation sites excluding steroid dienone is 5. The second kappa shape index (κ2) is 29.2. The Bertz CT molecular complexity index is 2300. The number of Topliss-reactive ketones (excluding diaryl/α,β-unsaturated/α-hetero) is 2. The predicted octanol–water partition coefficient (Wildman–Crippen LogP) is 8.07. The third kappa shape index (κ3) is 16.9. The Morgan fingerprint density at radius 2 is 1.60 bits per heavy atom. The summed E-state index contributed by atoms with van der Waals surface area (Å²) in [7, 11) is 4.49. The number of esters is 1. The molecule has 428 valence electrons. The van der Waals surface area contributed by atoms with Crippen molar-refractivity contribution in [3.05, 3.63) is 82.0 Å². The van der Waals surface area contributed by atoms with Crippen molar-refractivity contribution >= 4 is 35.3 Å². The Labute approximate surface area is 454 Å². The van der Waals surface area contributed by atoms with Crippen LogP contribution in [0.1, 0.15) is 126 Å². The fourth-order valence-corrected chi connectivity index (χ4v) is 11.3. The molecule has 3 heterocycles. The number of aliphatic hydroxyl groups excluding tert-OH is 1. The molecular formula is C58H85N3O16. The Kier molecular flexibility index (Phi) is 23.8. The average molecular weight is 1080 g/mol. The molecular weight excluding hydrogens is 995 g/mol. The zero-order chi connectivity index (χ0) is 56.7. The van der Waals surface area contributed by atoms with E-state index in [9.17, 15) is 44.3 Å². The maximum absolute atomic E-state index is 14.7. The lowest BCUT2D eigenvalue weighted by molar-refractivity contribution is -0.384. The van der Waals surface area contributed by atoms with Crippen molar-refractivity contribution in [2.75, 3.05) is 27.9 Å². The summed E-state index contributed by atoms with van der Waals surface area (Å²) < 4.78 is 41.0. The summed E-state index contributed by atoms with van der Waals surface area (Å²) in [6.45, 7) is 13.0. The molecule has 5 rings (SSSR count). The summed E-state index contributed by atoms with van der Waals surface area (Å²) in [6.07, 6.45) is 10.1. The smallest absolute Gasteiger partial charge is 0.460 e. The first-order valence-corrected chi connectivity index (χ1v) is 27.4. The molecule has 1 aromatic carbocycles. The van der Waals surface area contributed by atoms with Gasteiger partial charge in [-0.05, 0) is 125 Å². The number of nitro benzene ring substituents is 1. The Morgan fingerprint density at radius 3 is 2.26 bits per heavy atom. The highest BCUT2D eigenvalue weighted by atomic mass is 16.7. The van der Waals surface area contributed by atoms with E-state index in [0.29, 0.717) is 69.8 Å². The van der Waals surface area contributed by atoms with Gasteiger partial charge in [0.05, 0.1) is 23.2 Å². The summed E-state index contributed by atoms with van der Waals surface area (Å²) in [5, 5.41) is 34.7. The Balaban J connectivity index is 1.42. The van der Waals surface area contributed by atoms with E-state index in [1.54, 1.807) is 27.0 Å². The lowest BCUT2D eigenvalue weighted by Gasteiger charge is -2.43. The van der Waals surface area contributed by atoms with Crippen molar-refractivity contribution in [3.63, 3.8) is 0 Å². The number of carbonyl (C=O) groups is 5. The molecule has 19 heteroatoms. The number of nitrogens with zero attached hydrogens (tertiary/aromatic N) is 2. The van der Waals surface area contributed by atoms with E-state index in [0.717, 1.165) is 5.57 Å². The van der Waals surface area contributed by atoms with Gasteiger partial charge in [-0.25, -0.2) is 9.59 Å². The van der Waals surface area contributed by atoms with Gasteiger partial charge in [0.1, 0.15) is 36.2 Å². The van der Waals surface area contributed by atoms with Gasteiger partial charge in [0.15, 0.2) is 5.78 Å². The molecule has 1 aromatic rings. The van der Waals surface area contributed by atoms with Crippen molar-refractivity contribution in [1.29, 1.82) is 0 Å². The van der Waals surface area contributed by atoms with Gasteiger partial charge in [-0.1, -0.05) is 71.1 Å². The largest absolute Gasteiger partial charge is 0.514 e. The Morgan fingerprint density at radius 1 is 0.883 bits per heavy atom. The van der Waals surface area contributed by atoms with Crippen molar-refractivity contribution in [2.45, 2.75) is 186 Å². The second-order valence-corrected chi connectivity index (χ2v) is 22.1. The number of methoxy groups -OCH3 is 3. The van der Waals surface area contributed by atoms with Gasteiger partial charge in [-0.15, -0.1) is 0 Å². The molecule has 1 amide bonds. The van der Waals surface area contributed by atoms with E-state index in [1.165, 1.54) is 43.4 Å². The van der Waals surface area contributed by atoms with E-state index in [1.807, 2.05) is 65.0 Å². The number of hydrogen-bond donors (Lipinski definition) is 3. The first kappa shape index (κ1) is 62.7. The summed E-state index contributed by atoms with van der Waals surface area (Å²) >= 11 is 0. The van der Waals surface area contributed by atoms with Crippen molar-refractivity contribution in [1.82, 2.24) is 4.90 Å². The molecule has 19 nitrogen and oxygen atoms in total. The van der Waals surface area contributed by atoms with Crippen LogP contribution in [-0.2, 0) is 47.6 Å². The number of rotatable bonds is 9. The number of ketones is 2. The number of ether oxygens (including phenoxy) is 7. The average Bonchev–Trinajstić information content (AvgIpc) is 3.41. The molecule has 0 spiro atoms. The zero-order valence-electron chi connectivity index (χ0n) is 46.7. The van der Waals surface area contributed by atoms with Crippen molar-refractivity contribution < 1.29 is 72.3 Å². The first-order valence-electron chi connectivity index (χ1n) is 27.4. The topological polar surface area (TPSA) is 263 Å². The van der Waals surface area contributed by atoms with Crippen LogP contribution in [-0.4, -0.2) is 138 Å². The lowest BCUT2D eigenvalue weighted by Crippen LogP contribution is -2.61. The maximum atomic E-state index is 14.7. The van der Waals surface area contributed by atoms with Crippen LogP contribution in [0.15, 0.2) is 71.9 Å². The van der Waals surface area contributed by atoms with Crippen molar-refractivity contribution in [3.8, 4) is 5.75 Å². The highest BCUT2D eigenvalue weighted by molar-refractivity contribution is 6.39. The van der Waals surface area contributed by atoms with Crippen LogP contribution in [0, 0.1) is 45.6 Å². The molecule has 1 unspecified atom stereocenters. The van der Waals surface area contributed by atoms with Crippen LogP contribution in [0.25, 0.3) is 0 Å². The number of carbonyl (C=O) groups excluding carboxylic acids is 5. The lowest BCUT2D eigenvalue weighted by atomic mass is 9.78. The van der Waals surface area contributed by atoms with Gasteiger partial charge >= 0.3 is 12.1 Å². The Hall–Kier alpha value is -5.15. The van der Waals surface area contributed by atoms with Gasteiger partial charge in [0.2, 0.25) is 5.79 Å². The van der Waals surface area contributed by atoms with Crippen LogP contribution in [0.4, 0.5) is 10.5 Å². The van der Waals surface area contributed by atoms with Crippen LogP contribution >= 0.6 is 0 Å². The highest BCUT2D eigenvalue weighted by Gasteiger charge is 2.53. The molecule has 77 heavy (non-hydrogen) atoms. The summed E-state index contributed by atoms with van der Waals surface area (Å²) in [4.78, 5) is 81.9. The number of benzene rings is 1. The molecule has 3 aliphatic heterocycles. The predicted molar refractivity (Wildman–Crippen MR) is 286 cm³/mol. The first-order chi connectivity index (χ1) is 36.5. The van der Waals surface area contributed by atoms with Crippen LogP contribution in [0.3, 0.4) is 0 Å². The van der Waals surface area contributed by atoms with E-state index in [4.69, 9.17) is 38.9 Å². The zero-order valence-corrected chi connectivity index (χ0v) is 46.7. The van der Waals surface area contributed by atoms with Crippen LogP contribution in [0.5, 0.6) is 5.75 Å². The number of cyclic esters (lactones) is 1. The summed E-state index contributed by atoms with van der Waals surface area (Å²) in [5.41, 5.74) is 8.18. The molecule has 4 N–H and O–H groups in total. The third-order valence-electron chi connectivity index (χ3n) is 16.2. The minimum atomic E-state index is -2.45. The summed E-state index contributed by atoms with van der Waals surface area (Å²) in [5.74, 6) is -7.38. The monoisotopic (exact) mass is 1080 g/mol. The molecule has 4 aliphatic rings. The minimum absolute atomic E-state index is 0.00743. The van der Waals surface area contributed by atoms with E-state index in [-0.39, 0.29) is 54.4 Å². The van der Waals surface area contributed by atoms with Crippen molar-refractivity contribution in [2.24, 2.45) is 41.2 Å². The van der Waals surface area contributed by atoms with Gasteiger partial charge < -0.3 is 54.0 Å². The molecule has 1 saturated carbocycles. The quantitative estimate of drug-likeness (QED) is 0.0527. The summed E-state index contributed by atoms with van der Waals surface area (Å²) in [6, 6.07) is 3.26. The fourth-order valence-electron chi connectivity index (χ4n) is 11.3. The van der Waals surface area contributed by atoms with E-state index < -0.39 is 107 Å². The van der Waals surface area contributed by atoms with Gasteiger partial charge in [-0.2, -0.15) is 0 Å². The number of hydrogen-bond acceptors (Lipinski definition) is 17. The molecule has 16 atom stereocenters. The van der Waals surface area contributed by atoms with E-state index >= 15 is 0 Å². The highest BCUT2D eigenvalue weighted by Crippen LogP contribution is 2.38. The molecule has 0 radical (unpaired) electrons. The number of aliphatic hydroxyl groups is 2. The number of fused-ring (bicyclic) bond motifs is 3. The molecule has 2 saturated heterocycles. The van der Waals surface area contributed by atoms with Gasteiger partial charge in [0.25, 0.3) is 17.4 Å². The standard InChI is InChI=1S/C58H85N3O16/c1-34-16-12-11-13-17-35(2)48(71-8)32-44-23-19-40(7)58(68,77-44)54(64)55(65)60-27-15-14-18-46(60)56(66)75-49(33-45(59)36(3)29-39(6)52(63)53(73-10)51(62)38(5)28-34)37(4)30-41-20-26-47(50(31-41)72-9)76-57(67)74-43-24-21-42(22-25-43)61(69)70/h11-13,16-17,21-22,24-25,29,34,36-38,40-41,44-50,52-53,63,68H,14-15,18-20,23,26-28,30-33,59H2,1-10H3/b13-11?,16-12+,35-17?,39-29+/t34-,36-,37-,38-,40-,41+,44+,45?,46+,47-,48+,49+,50-,52-,53+,58-/m1/s1. The van der Waals surface area contributed by atoms with Gasteiger partial charge in [-0.3, -0.25) is 24.5 Å². The van der Waals surface area contributed by atoms with Crippen LogP contribution < -0.4 is 10.5 Å². The number of piperidine rings is 1.